The summed E-state index contributed by atoms with van der Waals surface area (Å²) in [6.45, 7) is 1.61. The van der Waals surface area contributed by atoms with E-state index in [0.29, 0.717) is 5.39 Å². The van der Waals surface area contributed by atoms with Crippen molar-refractivity contribution in [3.63, 3.8) is 0 Å². The number of hydrogen-bond acceptors (Lipinski definition) is 4. The summed E-state index contributed by atoms with van der Waals surface area (Å²) < 4.78 is 56.5. The van der Waals surface area contributed by atoms with Gasteiger partial charge in [0, 0.05) is 28.2 Å². The van der Waals surface area contributed by atoms with Crippen LogP contribution in [0.5, 0.6) is 5.75 Å². The largest absolute Gasteiger partial charge is 0.505 e. The molecule has 0 spiro atoms. The zero-order valence-corrected chi connectivity index (χ0v) is 16.4. The lowest BCUT2D eigenvalue weighted by atomic mass is 9.69. The Kier molecular flexibility index (Phi) is 4.96. The minimum absolute atomic E-state index is 0.0429. The quantitative estimate of drug-likeness (QED) is 0.448. The maximum Gasteiger partial charge on any atom is 0.419 e. The molecule has 9 heteroatoms. The maximum absolute atomic E-state index is 14.2. The van der Waals surface area contributed by atoms with Crippen molar-refractivity contribution in [2.45, 2.75) is 43.5 Å². The van der Waals surface area contributed by atoms with Gasteiger partial charge in [0.2, 0.25) is 0 Å². The number of aromatic hydroxyl groups is 1. The first-order valence-electron chi connectivity index (χ1n) is 9.75. The van der Waals surface area contributed by atoms with Gasteiger partial charge < -0.3 is 20.5 Å². The molecule has 0 amide bonds. The Morgan fingerprint density at radius 1 is 1.19 bits per heavy atom. The number of anilines is 1. The van der Waals surface area contributed by atoms with E-state index < -0.39 is 47.3 Å². The van der Waals surface area contributed by atoms with Crippen molar-refractivity contribution in [2.24, 2.45) is 0 Å². The average Bonchev–Trinajstić information content (AvgIpc) is 2.72. The third-order valence-corrected chi connectivity index (χ3v) is 6.05. The maximum atomic E-state index is 14.2. The molecule has 1 heterocycles. The molecule has 5 nitrogen and oxygen atoms in total. The van der Waals surface area contributed by atoms with Crippen LogP contribution in [0, 0.1) is 5.82 Å². The molecule has 164 valence electrons. The number of fused-ring (bicyclic) bond motifs is 2. The SMILES string of the molecule is CC[C@H]1C[C@@](O)(C(F)(F)F)[C@@H](Nc2cccc3c(=O)[nH]ccc23)c2ccc(F)c(O)c21. The number of phenols is 1. The molecular weight excluding hydrogens is 416 g/mol. The number of benzene rings is 2. The first-order chi connectivity index (χ1) is 14.6. The van der Waals surface area contributed by atoms with Gasteiger partial charge in [-0.15, -0.1) is 0 Å². The molecule has 0 aliphatic heterocycles. The van der Waals surface area contributed by atoms with Crippen LogP contribution < -0.4 is 10.9 Å². The lowest BCUT2D eigenvalue weighted by Gasteiger charge is -2.45. The molecule has 1 aliphatic carbocycles. The summed E-state index contributed by atoms with van der Waals surface area (Å²) in [5, 5.41) is 24.6. The smallest absolute Gasteiger partial charge is 0.419 e. The fourth-order valence-electron chi connectivity index (χ4n) is 4.46. The van der Waals surface area contributed by atoms with Gasteiger partial charge in [-0.1, -0.05) is 19.1 Å². The summed E-state index contributed by atoms with van der Waals surface area (Å²) in [7, 11) is 0. The summed E-state index contributed by atoms with van der Waals surface area (Å²) in [6.07, 6.45) is -4.23. The summed E-state index contributed by atoms with van der Waals surface area (Å²) in [5.74, 6) is -2.55. The van der Waals surface area contributed by atoms with Gasteiger partial charge in [-0.3, -0.25) is 4.79 Å². The third-order valence-electron chi connectivity index (χ3n) is 6.05. The molecule has 0 bridgehead atoms. The molecule has 0 saturated heterocycles. The Morgan fingerprint density at radius 3 is 2.61 bits per heavy atom. The Morgan fingerprint density at radius 2 is 1.94 bits per heavy atom. The summed E-state index contributed by atoms with van der Waals surface area (Å²) >= 11 is 0. The average molecular weight is 436 g/mol. The van der Waals surface area contributed by atoms with Gasteiger partial charge in [-0.2, -0.15) is 13.2 Å². The predicted octanol–water partition coefficient (Wildman–Crippen LogP) is 4.72. The second-order valence-corrected chi connectivity index (χ2v) is 7.78. The molecule has 1 aromatic heterocycles. The standard InChI is InChI=1S/C22H20F4N2O3/c1-2-11-10-21(31,22(24,25)26)19(14-6-7-15(23)18(29)17(11)14)28-16-5-3-4-13-12(16)8-9-27-20(13)30/h3-9,11,19,28-29,31H,2,10H2,1H3,(H,27,30)/t11-,19-,21-/m0/s1. The van der Waals surface area contributed by atoms with E-state index in [1.807, 2.05) is 0 Å². The van der Waals surface area contributed by atoms with Gasteiger partial charge in [0.1, 0.15) is 0 Å². The number of pyridine rings is 1. The van der Waals surface area contributed by atoms with Crippen LogP contribution in [0.3, 0.4) is 0 Å². The van der Waals surface area contributed by atoms with Crippen LogP contribution in [0.15, 0.2) is 47.4 Å². The van der Waals surface area contributed by atoms with Crippen molar-refractivity contribution in [1.82, 2.24) is 4.98 Å². The number of phenolic OH excluding ortho intramolecular Hbond substituents is 1. The molecular formula is C22H20F4N2O3. The van der Waals surface area contributed by atoms with Gasteiger partial charge in [0.15, 0.2) is 17.2 Å². The van der Waals surface area contributed by atoms with E-state index in [9.17, 15) is 32.6 Å². The summed E-state index contributed by atoms with van der Waals surface area (Å²) in [4.78, 5) is 14.6. The van der Waals surface area contributed by atoms with Gasteiger partial charge in [-0.25, -0.2) is 4.39 Å². The lowest BCUT2D eigenvalue weighted by Crippen LogP contribution is -2.55. The number of rotatable bonds is 3. The van der Waals surface area contributed by atoms with Crippen LogP contribution in [0.1, 0.15) is 42.9 Å². The number of hydrogen-bond donors (Lipinski definition) is 4. The highest BCUT2D eigenvalue weighted by molar-refractivity contribution is 5.93. The van der Waals surface area contributed by atoms with Crippen molar-refractivity contribution in [3.05, 3.63) is 69.9 Å². The predicted molar refractivity (Wildman–Crippen MR) is 108 cm³/mol. The van der Waals surface area contributed by atoms with Crippen LogP contribution in [0.4, 0.5) is 23.2 Å². The minimum Gasteiger partial charge on any atom is -0.505 e. The summed E-state index contributed by atoms with van der Waals surface area (Å²) in [5.41, 5.74) is -3.40. The van der Waals surface area contributed by atoms with Gasteiger partial charge in [0.25, 0.3) is 5.56 Å². The van der Waals surface area contributed by atoms with Crippen LogP contribution in [0.25, 0.3) is 10.8 Å². The van der Waals surface area contributed by atoms with Crippen molar-refractivity contribution < 1.29 is 27.8 Å². The molecule has 2 aromatic carbocycles. The zero-order valence-electron chi connectivity index (χ0n) is 16.4. The van der Waals surface area contributed by atoms with E-state index in [4.69, 9.17) is 0 Å². The fraction of sp³-hybridized carbons (Fsp3) is 0.318. The summed E-state index contributed by atoms with van der Waals surface area (Å²) in [6, 6.07) is 6.36. The molecule has 0 radical (unpaired) electrons. The van der Waals surface area contributed by atoms with Gasteiger partial charge in [-0.05, 0) is 48.6 Å². The molecule has 3 atom stereocenters. The fourth-order valence-corrected chi connectivity index (χ4v) is 4.46. The number of aromatic amines is 1. The van der Waals surface area contributed by atoms with Crippen LogP contribution in [-0.4, -0.2) is 27.0 Å². The molecule has 0 saturated carbocycles. The Hall–Kier alpha value is -3.07. The second-order valence-electron chi connectivity index (χ2n) is 7.78. The second kappa shape index (κ2) is 7.26. The Balaban J connectivity index is 1.95. The minimum atomic E-state index is -5.01. The lowest BCUT2D eigenvalue weighted by molar-refractivity contribution is -0.272. The molecule has 31 heavy (non-hydrogen) atoms. The van der Waals surface area contributed by atoms with E-state index in [2.05, 4.69) is 10.3 Å². The highest BCUT2D eigenvalue weighted by Crippen LogP contribution is 2.55. The van der Waals surface area contributed by atoms with E-state index in [0.717, 1.165) is 12.1 Å². The van der Waals surface area contributed by atoms with Crippen molar-refractivity contribution in [3.8, 4) is 5.75 Å². The first kappa shape index (κ1) is 21.2. The number of halogens is 4. The van der Waals surface area contributed by atoms with E-state index in [-0.39, 0.29) is 28.6 Å². The molecule has 4 N–H and O–H groups in total. The monoisotopic (exact) mass is 436 g/mol. The highest BCUT2D eigenvalue weighted by atomic mass is 19.4. The van der Waals surface area contributed by atoms with E-state index in [1.54, 1.807) is 6.92 Å². The molecule has 1 aliphatic rings. The topological polar surface area (TPSA) is 85.4 Å². The number of nitrogens with one attached hydrogen (secondary N) is 2. The van der Waals surface area contributed by atoms with Crippen molar-refractivity contribution in [2.75, 3.05) is 5.32 Å². The van der Waals surface area contributed by atoms with E-state index >= 15 is 0 Å². The van der Waals surface area contributed by atoms with Crippen molar-refractivity contribution in [1.29, 1.82) is 0 Å². The Labute approximate surface area is 174 Å². The van der Waals surface area contributed by atoms with E-state index in [1.165, 1.54) is 30.5 Å². The molecule has 0 unspecified atom stereocenters. The number of aliphatic hydroxyl groups is 1. The first-order valence-corrected chi connectivity index (χ1v) is 9.75. The molecule has 0 fully saturated rings. The number of alkyl halides is 3. The number of H-pyrrole nitrogens is 1. The van der Waals surface area contributed by atoms with Crippen LogP contribution in [0.2, 0.25) is 0 Å². The Bertz CT molecular complexity index is 1210. The molecule has 3 aromatic rings. The van der Waals surface area contributed by atoms with Crippen LogP contribution in [-0.2, 0) is 0 Å². The zero-order chi connectivity index (χ0) is 22.6. The van der Waals surface area contributed by atoms with Crippen LogP contribution >= 0.6 is 0 Å². The molecule has 4 rings (SSSR count). The number of aromatic nitrogens is 1. The normalized spacial score (nSPS) is 23.5. The van der Waals surface area contributed by atoms with Gasteiger partial charge in [0.05, 0.1) is 6.04 Å². The highest BCUT2D eigenvalue weighted by Gasteiger charge is 2.62. The van der Waals surface area contributed by atoms with Crippen molar-refractivity contribution >= 4 is 16.5 Å². The van der Waals surface area contributed by atoms with Gasteiger partial charge >= 0.3 is 6.18 Å². The third kappa shape index (κ3) is 3.23.